The summed E-state index contributed by atoms with van der Waals surface area (Å²) in [6, 6.07) is 11.3. The Bertz CT molecular complexity index is 777. The third-order valence-electron chi connectivity index (χ3n) is 2.90. The summed E-state index contributed by atoms with van der Waals surface area (Å²) in [6.07, 6.45) is 0. The number of nitrogens with zero attached hydrogens (tertiary/aromatic N) is 1. The van der Waals surface area contributed by atoms with Crippen LogP contribution in [0, 0.1) is 5.82 Å². The number of aromatic nitrogens is 1. The average molecular weight is 255 g/mol. The van der Waals surface area contributed by atoms with Gasteiger partial charge in [-0.2, -0.15) is 0 Å². The van der Waals surface area contributed by atoms with Crippen molar-refractivity contribution < 1.29 is 13.6 Å². The first kappa shape index (κ1) is 11.6. The molecule has 0 radical (unpaired) electrons. The lowest BCUT2D eigenvalue weighted by Crippen LogP contribution is -1.90. The molecule has 1 heterocycles. The van der Waals surface area contributed by atoms with Crippen LogP contribution in [-0.4, -0.2) is 10.8 Å². The smallest absolute Gasteiger partial charge is 0.230 e. The maximum Gasteiger partial charge on any atom is 0.230 e. The van der Waals surface area contributed by atoms with E-state index in [1.807, 2.05) is 0 Å². The summed E-state index contributed by atoms with van der Waals surface area (Å²) in [5, 5.41) is 0. The zero-order valence-electron chi connectivity index (χ0n) is 10.2. The average Bonchev–Trinajstić information content (AvgIpc) is 2.81. The van der Waals surface area contributed by atoms with Gasteiger partial charge in [0, 0.05) is 5.56 Å². The van der Waals surface area contributed by atoms with Crippen LogP contribution in [0.15, 0.2) is 46.9 Å². The van der Waals surface area contributed by atoms with Gasteiger partial charge in [0.1, 0.15) is 11.3 Å². The SMILES string of the molecule is CC(=O)c1ccc2oc(-c3ccccc3F)nc2c1. The largest absolute Gasteiger partial charge is 0.436 e. The number of carbonyl (C=O) groups excluding carboxylic acids is 1. The number of carbonyl (C=O) groups is 1. The minimum absolute atomic E-state index is 0.0441. The van der Waals surface area contributed by atoms with Crippen LogP contribution in [0.2, 0.25) is 0 Å². The maximum absolute atomic E-state index is 13.7. The Labute approximate surface area is 108 Å². The third kappa shape index (κ3) is 2.01. The minimum atomic E-state index is -0.388. The van der Waals surface area contributed by atoms with E-state index >= 15 is 0 Å². The van der Waals surface area contributed by atoms with E-state index in [4.69, 9.17) is 4.42 Å². The Morgan fingerprint density at radius 1 is 1.21 bits per heavy atom. The number of hydrogen-bond donors (Lipinski definition) is 0. The second-order valence-corrected chi connectivity index (χ2v) is 4.24. The molecule has 0 aliphatic rings. The van der Waals surface area contributed by atoms with Crippen molar-refractivity contribution in [1.29, 1.82) is 0 Å². The number of fused-ring (bicyclic) bond motifs is 1. The van der Waals surface area contributed by atoms with Gasteiger partial charge in [0.15, 0.2) is 11.4 Å². The van der Waals surface area contributed by atoms with Crippen LogP contribution in [-0.2, 0) is 0 Å². The monoisotopic (exact) mass is 255 g/mol. The molecular weight excluding hydrogens is 245 g/mol. The minimum Gasteiger partial charge on any atom is -0.436 e. The van der Waals surface area contributed by atoms with E-state index in [9.17, 15) is 9.18 Å². The number of ketones is 1. The standard InChI is InChI=1S/C15H10FNO2/c1-9(18)10-6-7-14-13(8-10)17-15(19-14)11-4-2-3-5-12(11)16/h2-8H,1H3. The fourth-order valence-corrected chi connectivity index (χ4v) is 1.90. The summed E-state index contributed by atoms with van der Waals surface area (Å²) in [5.74, 6) is -0.216. The van der Waals surface area contributed by atoms with Gasteiger partial charge in [0.05, 0.1) is 5.56 Å². The fourth-order valence-electron chi connectivity index (χ4n) is 1.90. The first-order valence-corrected chi connectivity index (χ1v) is 5.81. The highest BCUT2D eigenvalue weighted by Gasteiger charge is 2.12. The van der Waals surface area contributed by atoms with E-state index in [1.54, 1.807) is 36.4 Å². The summed E-state index contributed by atoms with van der Waals surface area (Å²) in [4.78, 5) is 15.5. The molecule has 0 spiro atoms. The van der Waals surface area contributed by atoms with E-state index in [0.717, 1.165) is 0 Å². The molecule has 3 nitrogen and oxygen atoms in total. The second-order valence-electron chi connectivity index (χ2n) is 4.24. The lowest BCUT2D eigenvalue weighted by molar-refractivity contribution is 0.101. The second kappa shape index (κ2) is 4.31. The number of benzene rings is 2. The van der Waals surface area contributed by atoms with Gasteiger partial charge in [0.2, 0.25) is 5.89 Å². The molecule has 2 aromatic carbocycles. The molecule has 0 N–H and O–H groups in total. The van der Waals surface area contributed by atoms with E-state index in [2.05, 4.69) is 4.98 Å². The van der Waals surface area contributed by atoms with E-state index in [1.165, 1.54) is 13.0 Å². The van der Waals surface area contributed by atoms with Crippen LogP contribution in [0.25, 0.3) is 22.6 Å². The summed E-state index contributed by atoms with van der Waals surface area (Å²) in [5.41, 5.74) is 1.94. The van der Waals surface area contributed by atoms with E-state index in [0.29, 0.717) is 22.2 Å². The summed E-state index contributed by atoms with van der Waals surface area (Å²) in [6.45, 7) is 1.49. The van der Waals surface area contributed by atoms with Crippen molar-refractivity contribution in [1.82, 2.24) is 4.98 Å². The molecule has 4 heteroatoms. The lowest BCUT2D eigenvalue weighted by atomic mass is 10.1. The highest BCUT2D eigenvalue weighted by atomic mass is 19.1. The molecule has 3 aromatic rings. The van der Waals surface area contributed by atoms with Crippen molar-refractivity contribution in [3.05, 3.63) is 53.8 Å². The zero-order chi connectivity index (χ0) is 13.4. The Morgan fingerprint density at radius 2 is 2.00 bits per heavy atom. The molecule has 0 unspecified atom stereocenters. The quantitative estimate of drug-likeness (QED) is 0.653. The van der Waals surface area contributed by atoms with Gasteiger partial charge in [-0.15, -0.1) is 0 Å². The Morgan fingerprint density at radius 3 is 2.74 bits per heavy atom. The zero-order valence-corrected chi connectivity index (χ0v) is 10.2. The molecule has 0 atom stereocenters. The van der Waals surface area contributed by atoms with Crippen LogP contribution in [0.3, 0.4) is 0 Å². The van der Waals surface area contributed by atoms with Gasteiger partial charge in [-0.3, -0.25) is 4.79 Å². The molecule has 0 aliphatic heterocycles. The van der Waals surface area contributed by atoms with Crippen molar-refractivity contribution in [2.45, 2.75) is 6.92 Å². The van der Waals surface area contributed by atoms with Crippen LogP contribution in [0.1, 0.15) is 17.3 Å². The number of hydrogen-bond acceptors (Lipinski definition) is 3. The van der Waals surface area contributed by atoms with E-state index in [-0.39, 0.29) is 17.5 Å². The lowest BCUT2D eigenvalue weighted by Gasteiger charge is -1.95. The van der Waals surface area contributed by atoms with Crippen molar-refractivity contribution in [2.75, 3.05) is 0 Å². The van der Waals surface area contributed by atoms with Crippen LogP contribution >= 0.6 is 0 Å². The van der Waals surface area contributed by atoms with Crippen molar-refractivity contribution >= 4 is 16.9 Å². The Kier molecular flexibility index (Phi) is 2.63. The molecule has 1 aromatic heterocycles. The van der Waals surface area contributed by atoms with Gasteiger partial charge in [-0.25, -0.2) is 9.37 Å². The van der Waals surface area contributed by atoms with Crippen molar-refractivity contribution in [3.8, 4) is 11.5 Å². The summed E-state index contributed by atoms with van der Waals surface area (Å²) < 4.78 is 19.2. The van der Waals surface area contributed by atoms with Gasteiger partial charge >= 0.3 is 0 Å². The van der Waals surface area contributed by atoms with Crippen LogP contribution < -0.4 is 0 Å². The topological polar surface area (TPSA) is 43.1 Å². The molecule has 0 bridgehead atoms. The fraction of sp³-hybridized carbons (Fsp3) is 0.0667. The maximum atomic E-state index is 13.7. The molecule has 0 fully saturated rings. The molecule has 0 saturated carbocycles. The number of halogens is 1. The molecule has 0 saturated heterocycles. The van der Waals surface area contributed by atoms with Crippen molar-refractivity contribution in [2.24, 2.45) is 0 Å². The first-order valence-electron chi connectivity index (χ1n) is 5.81. The summed E-state index contributed by atoms with van der Waals surface area (Å²) >= 11 is 0. The number of rotatable bonds is 2. The summed E-state index contributed by atoms with van der Waals surface area (Å²) in [7, 11) is 0. The Balaban J connectivity index is 2.17. The van der Waals surface area contributed by atoms with Gasteiger partial charge in [-0.1, -0.05) is 12.1 Å². The van der Waals surface area contributed by atoms with Crippen molar-refractivity contribution in [3.63, 3.8) is 0 Å². The normalized spacial score (nSPS) is 10.8. The Hall–Kier alpha value is -2.49. The molecule has 0 amide bonds. The number of oxazole rings is 1. The highest BCUT2D eigenvalue weighted by Crippen LogP contribution is 2.26. The van der Waals surface area contributed by atoms with Gasteiger partial charge in [0.25, 0.3) is 0 Å². The van der Waals surface area contributed by atoms with Crippen LogP contribution in [0.5, 0.6) is 0 Å². The van der Waals surface area contributed by atoms with Gasteiger partial charge < -0.3 is 4.42 Å². The third-order valence-corrected chi connectivity index (χ3v) is 2.90. The van der Waals surface area contributed by atoms with E-state index < -0.39 is 0 Å². The molecule has 19 heavy (non-hydrogen) atoms. The molecule has 3 rings (SSSR count). The van der Waals surface area contributed by atoms with Gasteiger partial charge in [-0.05, 0) is 37.3 Å². The first-order chi connectivity index (χ1) is 9.15. The number of Topliss-reactive ketones (excluding diaryl/α,β-unsaturated/α-hetero) is 1. The predicted octanol–water partition coefficient (Wildman–Crippen LogP) is 3.84. The molecular formula is C15H10FNO2. The molecule has 94 valence electrons. The van der Waals surface area contributed by atoms with Crippen LogP contribution in [0.4, 0.5) is 4.39 Å². The molecule has 0 aliphatic carbocycles. The highest BCUT2D eigenvalue weighted by molar-refractivity contribution is 5.97. The predicted molar refractivity (Wildman–Crippen MR) is 69.4 cm³/mol.